The van der Waals surface area contributed by atoms with Gasteiger partial charge in [-0.25, -0.2) is 9.97 Å². The standard InChI is InChI=1S/C25H31ClN6O2/c1-14(2)27-12-19(17-5-7-18(26)8-6-17)25(33)32-10-9-31(20-11-21(20)32)24-22-15(3)34-16(4)30-23(22)28-13-29-24/h5-8,13-15,19-21,27H,4,9-12H2,1-3H3,(H,28,29,30)/t15-,19+,20-,21+/m0/s1. The zero-order chi connectivity index (χ0) is 24.0. The van der Waals surface area contributed by atoms with E-state index in [1.54, 1.807) is 6.33 Å². The number of nitrogens with one attached hydrogen (secondary N) is 2. The number of rotatable bonds is 6. The fourth-order valence-corrected chi connectivity index (χ4v) is 5.17. The highest BCUT2D eigenvalue weighted by Crippen LogP contribution is 2.44. The van der Waals surface area contributed by atoms with Crippen LogP contribution in [0, 0.1) is 0 Å². The first-order valence-corrected chi connectivity index (χ1v) is 12.2. The molecule has 34 heavy (non-hydrogen) atoms. The molecule has 1 aromatic heterocycles. The van der Waals surface area contributed by atoms with Crippen LogP contribution in [0.3, 0.4) is 0 Å². The van der Waals surface area contributed by atoms with Crippen molar-refractivity contribution in [3.8, 4) is 0 Å². The first-order valence-electron chi connectivity index (χ1n) is 11.9. The van der Waals surface area contributed by atoms with E-state index < -0.39 is 0 Å². The van der Waals surface area contributed by atoms with Crippen LogP contribution in [0.5, 0.6) is 0 Å². The Morgan fingerprint density at radius 1 is 1.26 bits per heavy atom. The van der Waals surface area contributed by atoms with Gasteiger partial charge in [0.05, 0.1) is 23.6 Å². The Labute approximate surface area is 205 Å². The molecule has 8 nitrogen and oxygen atoms in total. The number of hydrogen-bond acceptors (Lipinski definition) is 7. The summed E-state index contributed by atoms with van der Waals surface area (Å²) >= 11 is 6.10. The van der Waals surface area contributed by atoms with E-state index in [1.165, 1.54) is 0 Å². The van der Waals surface area contributed by atoms with Gasteiger partial charge in [-0.15, -0.1) is 0 Å². The lowest BCUT2D eigenvalue weighted by Gasteiger charge is -2.38. The highest BCUT2D eigenvalue weighted by atomic mass is 35.5. The maximum Gasteiger partial charge on any atom is 0.231 e. The van der Waals surface area contributed by atoms with Crippen LogP contribution in [-0.2, 0) is 9.53 Å². The second-order valence-electron chi connectivity index (χ2n) is 9.53. The number of fused-ring (bicyclic) bond motifs is 2. The van der Waals surface area contributed by atoms with E-state index in [0.29, 0.717) is 30.0 Å². The molecule has 2 fully saturated rings. The number of halogens is 1. The molecule has 0 bridgehead atoms. The lowest BCUT2D eigenvalue weighted by Crippen LogP contribution is -2.51. The molecule has 0 radical (unpaired) electrons. The first kappa shape index (κ1) is 22.9. The number of piperazine rings is 1. The Balaban J connectivity index is 1.35. The highest BCUT2D eigenvalue weighted by molar-refractivity contribution is 6.30. The topological polar surface area (TPSA) is 82.6 Å². The third-order valence-corrected chi connectivity index (χ3v) is 7.06. The van der Waals surface area contributed by atoms with Gasteiger partial charge in [0.15, 0.2) is 5.88 Å². The number of benzene rings is 1. The van der Waals surface area contributed by atoms with Crippen molar-refractivity contribution >= 4 is 29.1 Å². The molecule has 0 unspecified atom stereocenters. The number of nitrogens with zero attached hydrogens (tertiary/aromatic N) is 4. The van der Waals surface area contributed by atoms with Gasteiger partial charge in [-0.2, -0.15) is 0 Å². The van der Waals surface area contributed by atoms with Gasteiger partial charge < -0.3 is 25.2 Å². The van der Waals surface area contributed by atoms with Gasteiger partial charge in [0.1, 0.15) is 24.1 Å². The third kappa shape index (κ3) is 4.32. The molecule has 2 aliphatic heterocycles. The largest absolute Gasteiger partial charge is 0.471 e. The number of hydrogen-bond donors (Lipinski definition) is 2. The molecule has 1 aromatic carbocycles. The zero-order valence-electron chi connectivity index (χ0n) is 19.8. The van der Waals surface area contributed by atoms with Crippen LogP contribution in [0.4, 0.5) is 11.6 Å². The molecule has 1 saturated heterocycles. The Kier molecular flexibility index (Phi) is 6.12. The number of carbonyl (C=O) groups excluding carboxylic acids is 1. The Morgan fingerprint density at radius 3 is 2.76 bits per heavy atom. The molecule has 1 saturated carbocycles. The molecule has 2 N–H and O–H groups in total. The van der Waals surface area contributed by atoms with Crippen molar-refractivity contribution in [2.24, 2.45) is 0 Å². The summed E-state index contributed by atoms with van der Waals surface area (Å²) in [6, 6.07) is 8.36. The minimum absolute atomic E-state index is 0.169. The van der Waals surface area contributed by atoms with E-state index in [4.69, 9.17) is 16.3 Å². The maximum absolute atomic E-state index is 13.8. The Morgan fingerprint density at radius 2 is 2.03 bits per heavy atom. The molecule has 3 aliphatic rings. The molecule has 4 atom stereocenters. The maximum atomic E-state index is 13.8. The summed E-state index contributed by atoms with van der Waals surface area (Å²) in [5, 5.41) is 7.23. The number of anilines is 2. The van der Waals surface area contributed by atoms with Crippen molar-refractivity contribution in [2.75, 3.05) is 29.9 Å². The number of carbonyl (C=O) groups is 1. The molecule has 1 aliphatic carbocycles. The van der Waals surface area contributed by atoms with Crippen molar-refractivity contribution in [3.63, 3.8) is 0 Å². The summed E-state index contributed by atoms with van der Waals surface area (Å²) in [6.45, 7) is 12.0. The van der Waals surface area contributed by atoms with Gasteiger partial charge in [0, 0.05) is 30.7 Å². The normalized spacial score (nSPS) is 24.1. The monoisotopic (exact) mass is 482 g/mol. The lowest BCUT2D eigenvalue weighted by molar-refractivity contribution is -0.133. The summed E-state index contributed by atoms with van der Waals surface area (Å²) in [7, 11) is 0. The summed E-state index contributed by atoms with van der Waals surface area (Å²) in [5.74, 6) is 2.04. The molecule has 1 amide bonds. The number of aromatic nitrogens is 2. The van der Waals surface area contributed by atoms with Gasteiger partial charge in [-0.3, -0.25) is 4.79 Å². The zero-order valence-corrected chi connectivity index (χ0v) is 20.5. The third-order valence-electron chi connectivity index (χ3n) is 6.81. The Bertz CT molecular complexity index is 1090. The van der Waals surface area contributed by atoms with Gasteiger partial charge in [0.25, 0.3) is 0 Å². The highest BCUT2D eigenvalue weighted by Gasteiger charge is 2.52. The van der Waals surface area contributed by atoms with Crippen LogP contribution in [0.25, 0.3) is 0 Å². The molecule has 3 heterocycles. The quantitative estimate of drug-likeness (QED) is 0.649. The van der Waals surface area contributed by atoms with Crippen molar-refractivity contribution < 1.29 is 9.53 Å². The number of amides is 1. The smallest absolute Gasteiger partial charge is 0.231 e. The SMILES string of the molecule is C=C1Nc2ncnc(N3CCN(C(=O)[C@H](CNC(C)C)c4ccc(Cl)cc4)[C@@H]4C[C@@H]43)c2[C@H](C)O1. The van der Waals surface area contributed by atoms with Gasteiger partial charge >= 0.3 is 0 Å². The summed E-state index contributed by atoms with van der Waals surface area (Å²) in [6.07, 6.45) is 2.33. The predicted octanol–water partition coefficient (Wildman–Crippen LogP) is 3.68. The summed E-state index contributed by atoms with van der Waals surface area (Å²) in [4.78, 5) is 27.1. The molecule has 5 rings (SSSR count). The summed E-state index contributed by atoms with van der Waals surface area (Å²) in [5.41, 5.74) is 1.94. The minimum atomic E-state index is -0.247. The first-order chi connectivity index (χ1) is 16.3. The minimum Gasteiger partial charge on any atom is -0.471 e. The van der Waals surface area contributed by atoms with Crippen molar-refractivity contribution in [2.45, 2.75) is 57.3 Å². The molecule has 180 valence electrons. The Hall–Kier alpha value is -2.84. The van der Waals surface area contributed by atoms with Gasteiger partial charge in [-0.05, 0) is 37.6 Å². The fourth-order valence-electron chi connectivity index (χ4n) is 5.04. The van der Waals surface area contributed by atoms with E-state index in [0.717, 1.165) is 35.7 Å². The van der Waals surface area contributed by atoms with E-state index in [2.05, 4.69) is 50.8 Å². The average Bonchev–Trinajstić information content (AvgIpc) is 3.60. The van der Waals surface area contributed by atoms with Crippen LogP contribution in [0.1, 0.15) is 50.3 Å². The van der Waals surface area contributed by atoms with Crippen LogP contribution in [0.2, 0.25) is 5.02 Å². The average molecular weight is 483 g/mol. The fraction of sp³-hybridized carbons (Fsp3) is 0.480. The van der Waals surface area contributed by atoms with E-state index in [-0.39, 0.29) is 30.0 Å². The molecule has 0 spiro atoms. The second kappa shape index (κ2) is 9.07. The van der Waals surface area contributed by atoms with Crippen molar-refractivity contribution in [1.82, 2.24) is 20.2 Å². The van der Waals surface area contributed by atoms with Crippen LogP contribution < -0.4 is 15.5 Å². The van der Waals surface area contributed by atoms with Crippen molar-refractivity contribution in [3.05, 3.63) is 59.2 Å². The molecular weight excluding hydrogens is 452 g/mol. The van der Waals surface area contributed by atoms with E-state index >= 15 is 0 Å². The van der Waals surface area contributed by atoms with Crippen LogP contribution in [0.15, 0.2) is 43.1 Å². The van der Waals surface area contributed by atoms with Gasteiger partial charge in [0.2, 0.25) is 5.91 Å². The second-order valence-corrected chi connectivity index (χ2v) is 9.97. The summed E-state index contributed by atoms with van der Waals surface area (Å²) < 4.78 is 5.79. The lowest BCUT2D eigenvalue weighted by atomic mass is 9.96. The number of ether oxygens (including phenoxy) is 1. The van der Waals surface area contributed by atoms with E-state index in [9.17, 15) is 4.79 Å². The van der Waals surface area contributed by atoms with Crippen LogP contribution in [-0.4, -0.2) is 58.5 Å². The van der Waals surface area contributed by atoms with E-state index in [1.807, 2.05) is 31.2 Å². The van der Waals surface area contributed by atoms with Gasteiger partial charge in [-0.1, -0.05) is 37.6 Å². The van der Waals surface area contributed by atoms with Crippen LogP contribution >= 0.6 is 11.6 Å². The predicted molar refractivity (Wildman–Crippen MR) is 133 cm³/mol. The van der Waals surface area contributed by atoms with Crippen molar-refractivity contribution in [1.29, 1.82) is 0 Å². The molecule has 2 aromatic rings. The molecular formula is C25H31ClN6O2. The molecule has 9 heteroatoms.